The van der Waals surface area contributed by atoms with Gasteiger partial charge < -0.3 is 24.0 Å². The number of hydrogen-bond donors (Lipinski definition) is 4. The number of para-hydroxylation sites is 2. The number of aromatic nitrogens is 2. The number of fused-ring (bicyclic) bond motifs is 2. The number of halogens is 1. The number of nitrogens with two attached hydrogens (primary N) is 1. The molecular formula is C31H53IKN6OS2-. The van der Waals surface area contributed by atoms with Gasteiger partial charge in [-0.1, -0.05) is 143 Å². The number of nitrogens with one attached hydrogen (secondary N) is 2. The Bertz CT molecular complexity index is 1080. The SMILES string of the molecule is CC(C)(C)[O-].CCCCCCI.CCCCCCNc1nc2ccccc2s1.N.NNc1nc2ccccc2s1.[CH3-].[K+]. The second-order valence-corrected chi connectivity index (χ2v) is 13.1. The molecule has 0 bridgehead atoms. The van der Waals surface area contributed by atoms with Crippen molar-refractivity contribution in [2.45, 2.75) is 91.6 Å². The van der Waals surface area contributed by atoms with Crippen molar-refractivity contribution in [1.82, 2.24) is 16.1 Å². The minimum absolute atomic E-state index is 0. The van der Waals surface area contributed by atoms with E-state index in [2.05, 4.69) is 75.3 Å². The monoisotopic (exact) mass is 755 g/mol. The van der Waals surface area contributed by atoms with Gasteiger partial charge in [0.25, 0.3) is 0 Å². The zero-order valence-electron chi connectivity index (χ0n) is 27.0. The second kappa shape index (κ2) is 28.5. The van der Waals surface area contributed by atoms with E-state index < -0.39 is 5.60 Å². The average Bonchev–Trinajstić information content (AvgIpc) is 3.52. The van der Waals surface area contributed by atoms with Crippen molar-refractivity contribution in [3.63, 3.8) is 0 Å². The molecule has 0 aliphatic heterocycles. The standard InChI is InChI=1S/C13H18N2S.C7H7N3S.C6H13I.C4H9O.CH3.K.H3N/c1-2-3-4-7-10-14-13-15-11-8-5-6-9-12(11)16-13;8-10-7-9-5-3-1-2-4-6(5)11-7;1-2-3-4-5-6-7;1-4(2,3)5;;;/h5-6,8-9H,2-4,7,10H2,1H3,(H,14,15);1-4H,8H2,(H,9,10);2-6H2,1H3;1-3H3;1H3;;1H3/q;;;2*-1;+1;. The minimum atomic E-state index is -0.750. The first kappa shape index (κ1) is 46.5. The molecule has 4 aromatic rings. The van der Waals surface area contributed by atoms with E-state index in [0.717, 1.165) is 32.5 Å². The Balaban J connectivity index is -0.000000515. The molecule has 0 saturated carbocycles. The first-order valence-electron chi connectivity index (χ1n) is 13.9. The Hall–Kier alpha value is 0.0664. The zero-order valence-corrected chi connectivity index (χ0v) is 33.9. The maximum atomic E-state index is 10.1. The summed E-state index contributed by atoms with van der Waals surface area (Å²) < 4.78 is 3.75. The van der Waals surface area contributed by atoms with E-state index in [4.69, 9.17) is 5.84 Å². The smallest absolute Gasteiger partial charge is 0.850 e. The molecule has 0 atom stereocenters. The Morgan fingerprint density at radius 1 is 0.786 bits per heavy atom. The number of thiazole rings is 2. The number of anilines is 2. The molecule has 0 aliphatic carbocycles. The fourth-order valence-corrected chi connectivity index (χ4v) is 5.36. The molecule has 2 aromatic carbocycles. The summed E-state index contributed by atoms with van der Waals surface area (Å²) in [4.78, 5) is 8.75. The van der Waals surface area contributed by atoms with Crippen molar-refractivity contribution in [3.05, 3.63) is 56.0 Å². The molecule has 7 N–H and O–H groups in total. The van der Waals surface area contributed by atoms with Crippen molar-refractivity contribution in [1.29, 1.82) is 0 Å². The van der Waals surface area contributed by atoms with Gasteiger partial charge in [0.15, 0.2) is 10.3 Å². The predicted octanol–water partition coefficient (Wildman–Crippen LogP) is 6.63. The molecule has 0 radical (unpaired) electrons. The van der Waals surface area contributed by atoms with Gasteiger partial charge in [0, 0.05) is 6.54 Å². The van der Waals surface area contributed by atoms with Crippen molar-refractivity contribution in [3.8, 4) is 0 Å². The number of nitrogen functional groups attached to an aromatic ring is 1. The van der Waals surface area contributed by atoms with Crippen molar-refractivity contribution >= 4 is 76.0 Å². The van der Waals surface area contributed by atoms with Crippen LogP contribution >= 0.6 is 45.3 Å². The summed E-state index contributed by atoms with van der Waals surface area (Å²) in [6.45, 7) is 10.4. The number of hydrogen-bond acceptors (Lipinski definition) is 9. The van der Waals surface area contributed by atoms with Gasteiger partial charge in [0.05, 0.1) is 20.4 Å². The van der Waals surface area contributed by atoms with Crippen LogP contribution in [0.5, 0.6) is 0 Å². The van der Waals surface area contributed by atoms with Crippen LogP contribution in [0.1, 0.15) is 86.0 Å². The molecule has 4 rings (SSSR count). The van der Waals surface area contributed by atoms with Gasteiger partial charge in [-0.2, -0.15) is 0 Å². The molecule has 0 aliphatic rings. The van der Waals surface area contributed by atoms with E-state index in [1.54, 1.807) is 43.4 Å². The van der Waals surface area contributed by atoms with Crippen LogP contribution in [0.2, 0.25) is 0 Å². The van der Waals surface area contributed by atoms with Crippen molar-refractivity contribution < 1.29 is 56.5 Å². The summed E-state index contributed by atoms with van der Waals surface area (Å²) in [7, 11) is 0. The summed E-state index contributed by atoms with van der Waals surface area (Å²) in [6.07, 6.45) is 10.8. The molecule has 11 heteroatoms. The molecule has 0 fully saturated rings. The van der Waals surface area contributed by atoms with E-state index in [1.807, 2.05) is 30.3 Å². The van der Waals surface area contributed by atoms with Crippen LogP contribution in [0, 0.1) is 7.43 Å². The number of rotatable bonds is 11. The van der Waals surface area contributed by atoms with Crippen LogP contribution in [0.25, 0.3) is 20.4 Å². The molecule has 7 nitrogen and oxygen atoms in total. The predicted molar refractivity (Wildman–Crippen MR) is 194 cm³/mol. The van der Waals surface area contributed by atoms with Crippen LogP contribution < -0.4 is 79.2 Å². The first-order chi connectivity index (χ1) is 18.7. The molecule has 0 amide bonds. The van der Waals surface area contributed by atoms with E-state index in [9.17, 15) is 5.11 Å². The summed E-state index contributed by atoms with van der Waals surface area (Å²) in [5, 5.41) is 15.3. The van der Waals surface area contributed by atoms with Gasteiger partial charge >= 0.3 is 51.4 Å². The molecule has 2 heterocycles. The number of hydrazine groups is 1. The molecule has 234 valence electrons. The van der Waals surface area contributed by atoms with Gasteiger partial charge in [0.2, 0.25) is 0 Å². The maximum Gasteiger partial charge on any atom is 1.00 e. The summed E-state index contributed by atoms with van der Waals surface area (Å²) in [5.41, 5.74) is 3.87. The molecular weight excluding hydrogens is 703 g/mol. The Morgan fingerprint density at radius 2 is 1.21 bits per heavy atom. The number of alkyl halides is 1. The summed E-state index contributed by atoms with van der Waals surface area (Å²) in [6, 6.07) is 16.2. The van der Waals surface area contributed by atoms with Gasteiger partial charge in [-0.15, -0.1) is 5.60 Å². The average molecular weight is 756 g/mol. The molecule has 42 heavy (non-hydrogen) atoms. The second-order valence-electron chi connectivity index (χ2n) is 9.97. The summed E-state index contributed by atoms with van der Waals surface area (Å²) >= 11 is 5.72. The van der Waals surface area contributed by atoms with Gasteiger partial charge in [-0.25, -0.2) is 15.8 Å². The Kier molecular flexibility index (Phi) is 31.6. The number of nitrogens with zero attached hydrogens (tertiary/aromatic N) is 2. The van der Waals surface area contributed by atoms with E-state index >= 15 is 0 Å². The fraction of sp³-hybridized carbons (Fsp3) is 0.516. The maximum absolute atomic E-state index is 10.1. The van der Waals surface area contributed by atoms with Crippen LogP contribution in [0.15, 0.2) is 48.5 Å². The van der Waals surface area contributed by atoms with Crippen LogP contribution in [0.4, 0.5) is 10.3 Å². The number of unbranched alkanes of at least 4 members (excludes halogenated alkanes) is 6. The van der Waals surface area contributed by atoms with Gasteiger partial charge in [-0.05, 0) is 41.5 Å². The molecule has 2 aromatic heterocycles. The summed E-state index contributed by atoms with van der Waals surface area (Å²) in [5.74, 6) is 5.21. The van der Waals surface area contributed by atoms with Gasteiger partial charge in [-0.3, -0.25) is 5.43 Å². The normalized spacial score (nSPS) is 9.81. The van der Waals surface area contributed by atoms with Crippen molar-refractivity contribution in [2.24, 2.45) is 5.84 Å². The van der Waals surface area contributed by atoms with Crippen LogP contribution in [-0.4, -0.2) is 26.5 Å². The van der Waals surface area contributed by atoms with Gasteiger partial charge in [0.1, 0.15) is 0 Å². The third-order valence-corrected chi connectivity index (χ3v) is 7.73. The minimum Gasteiger partial charge on any atom is -0.850 e. The molecule has 0 saturated heterocycles. The zero-order chi connectivity index (χ0) is 28.9. The Morgan fingerprint density at radius 3 is 1.64 bits per heavy atom. The quantitative estimate of drug-likeness (QED) is 0.0257. The fourth-order valence-electron chi connectivity index (χ4n) is 3.15. The number of benzene rings is 2. The first-order valence-corrected chi connectivity index (χ1v) is 17.1. The molecule has 0 spiro atoms. The van der Waals surface area contributed by atoms with E-state index in [-0.39, 0.29) is 65.0 Å². The molecule has 0 unspecified atom stereocenters. The Labute approximate surface area is 319 Å². The van der Waals surface area contributed by atoms with Crippen molar-refractivity contribution in [2.75, 3.05) is 21.7 Å². The van der Waals surface area contributed by atoms with E-state index in [1.165, 1.54) is 60.5 Å². The van der Waals surface area contributed by atoms with Crippen LogP contribution in [0.3, 0.4) is 0 Å². The third kappa shape index (κ3) is 23.4. The third-order valence-electron chi connectivity index (χ3n) is 5.00. The van der Waals surface area contributed by atoms with E-state index in [0.29, 0.717) is 0 Å². The largest absolute Gasteiger partial charge is 1.00 e. The topological polar surface area (TPSA) is 134 Å². The van der Waals surface area contributed by atoms with Crippen LogP contribution in [-0.2, 0) is 0 Å².